The Morgan fingerprint density at radius 3 is 2.86 bits per heavy atom. The minimum atomic E-state index is -0.194. The SMILES string of the molecule is CC(C)(C)NCCC(=O)Nc1ccc2c(c1)NC(=O)CO2. The van der Waals surface area contributed by atoms with Crippen molar-refractivity contribution >= 4 is 23.2 Å². The molecule has 0 unspecified atom stereocenters. The molecular weight excluding hydrogens is 270 g/mol. The lowest BCUT2D eigenvalue weighted by Gasteiger charge is -2.20. The van der Waals surface area contributed by atoms with E-state index in [2.05, 4.69) is 36.7 Å². The van der Waals surface area contributed by atoms with Crippen molar-refractivity contribution in [1.29, 1.82) is 0 Å². The maximum Gasteiger partial charge on any atom is 0.262 e. The molecule has 3 N–H and O–H groups in total. The predicted molar refractivity (Wildman–Crippen MR) is 81.6 cm³/mol. The molecule has 2 amide bonds. The van der Waals surface area contributed by atoms with E-state index in [1.165, 1.54) is 0 Å². The summed E-state index contributed by atoms with van der Waals surface area (Å²) in [6, 6.07) is 5.19. The van der Waals surface area contributed by atoms with Gasteiger partial charge in [-0.25, -0.2) is 0 Å². The fourth-order valence-electron chi connectivity index (χ4n) is 1.94. The molecule has 114 valence electrons. The number of ether oxygens (including phenoxy) is 1. The molecule has 0 saturated heterocycles. The molecule has 1 aliphatic heterocycles. The van der Waals surface area contributed by atoms with Crippen molar-refractivity contribution in [1.82, 2.24) is 5.32 Å². The van der Waals surface area contributed by atoms with Gasteiger partial charge in [0.1, 0.15) is 5.75 Å². The van der Waals surface area contributed by atoms with Crippen LogP contribution in [0, 0.1) is 0 Å². The molecule has 0 aliphatic carbocycles. The molecule has 1 aromatic rings. The maximum atomic E-state index is 11.9. The Bertz CT molecular complexity index is 550. The Morgan fingerprint density at radius 2 is 2.14 bits per heavy atom. The first kappa shape index (κ1) is 15.3. The molecule has 0 radical (unpaired) electrons. The van der Waals surface area contributed by atoms with Crippen molar-refractivity contribution in [2.45, 2.75) is 32.7 Å². The van der Waals surface area contributed by atoms with Gasteiger partial charge in [0.2, 0.25) is 5.91 Å². The molecule has 0 bridgehead atoms. The zero-order valence-corrected chi connectivity index (χ0v) is 12.6. The third-order valence-electron chi connectivity index (χ3n) is 2.90. The minimum Gasteiger partial charge on any atom is -0.482 e. The molecule has 6 heteroatoms. The number of hydrogen-bond donors (Lipinski definition) is 3. The molecule has 6 nitrogen and oxygen atoms in total. The first-order chi connectivity index (χ1) is 9.83. The number of amides is 2. The van der Waals surface area contributed by atoms with Crippen LogP contribution in [0.3, 0.4) is 0 Å². The van der Waals surface area contributed by atoms with Crippen LogP contribution in [0.1, 0.15) is 27.2 Å². The van der Waals surface area contributed by atoms with Crippen LogP contribution in [-0.2, 0) is 9.59 Å². The topological polar surface area (TPSA) is 79.5 Å². The number of carbonyl (C=O) groups excluding carboxylic acids is 2. The van der Waals surface area contributed by atoms with E-state index in [4.69, 9.17) is 4.74 Å². The summed E-state index contributed by atoms with van der Waals surface area (Å²) in [5, 5.41) is 8.77. The van der Waals surface area contributed by atoms with E-state index in [1.807, 2.05) is 0 Å². The Balaban J connectivity index is 1.89. The van der Waals surface area contributed by atoms with Crippen LogP contribution in [0.4, 0.5) is 11.4 Å². The van der Waals surface area contributed by atoms with Gasteiger partial charge in [0.15, 0.2) is 6.61 Å². The van der Waals surface area contributed by atoms with E-state index in [0.717, 1.165) is 0 Å². The van der Waals surface area contributed by atoms with Crippen molar-refractivity contribution < 1.29 is 14.3 Å². The van der Waals surface area contributed by atoms with Crippen molar-refractivity contribution in [3.63, 3.8) is 0 Å². The fourth-order valence-corrected chi connectivity index (χ4v) is 1.94. The van der Waals surface area contributed by atoms with Crippen LogP contribution in [-0.4, -0.2) is 30.5 Å². The molecule has 0 fully saturated rings. The van der Waals surface area contributed by atoms with E-state index in [1.54, 1.807) is 18.2 Å². The summed E-state index contributed by atoms with van der Waals surface area (Å²) in [6.07, 6.45) is 0.386. The van der Waals surface area contributed by atoms with Gasteiger partial charge in [-0.2, -0.15) is 0 Å². The standard InChI is InChI=1S/C15H21N3O3/c1-15(2,3)16-7-6-13(19)17-10-4-5-12-11(8-10)18-14(20)9-21-12/h4-5,8,16H,6-7,9H2,1-3H3,(H,17,19)(H,18,20). The molecule has 0 spiro atoms. The number of rotatable bonds is 4. The first-order valence-electron chi connectivity index (χ1n) is 6.95. The molecule has 0 atom stereocenters. The number of benzene rings is 1. The highest BCUT2D eigenvalue weighted by Crippen LogP contribution is 2.30. The van der Waals surface area contributed by atoms with Crippen LogP contribution in [0.25, 0.3) is 0 Å². The lowest BCUT2D eigenvalue weighted by Crippen LogP contribution is -2.37. The van der Waals surface area contributed by atoms with Crippen LogP contribution in [0.15, 0.2) is 18.2 Å². The van der Waals surface area contributed by atoms with Gasteiger partial charge in [-0.1, -0.05) is 0 Å². The van der Waals surface area contributed by atoms with Gasteiger partial charge in [-0.3, -0.25) is 9.59 Å². The molecule has 1 aromatic carbocycles. The summed E-state index contributed by atoms with van der Waals surface area (Å²) in [5.74, 6) is 0.345. The summed E-state index contributed by atoms with van der Waals surface area (Å²) in [7, 11) is 0. The second-order valence-corrected chi connectivity index (χ2v) is 6.02. The summed E-state index contributed by atoms with van der Waals surface area (Å²) in [5.41, 5.74) is 1.21. The number of nitrogens with one attached hydrogen (secondary N) is 3. The smallest absolute Gasteiger partial charge is 0.262 e. The quantitative estimate of drug-likeness (QED) is 0.789. The zero-order chi connectivity index (χ0) is 15.5. The average molecular weight is 291 g/mol. The molecular formula is C15H21N3O3. The van der Waals surface area contributed by atoms with E-state index < -0.39 is 0 Å². The lowest BCUT2D eigenvalue weighted by atomic mass is 10.1. The molecule has 21 heavy (non-hydrogen) atoms. The highest BCUT2D eigenvalue weighted by molar-refractivity contribution is 5.97. The van der Waals surface area contributed by atoms with Gasteiger partial charge in [-0.05, 0) is 39.0 Å². The first-order valence-corrected chi connectivity index (χ1v) is 6.95. The predicted octanol–water partition coefficient (Wildman–Crippen LogP) is 1.73. The van der Waals surface area contributed by atoms with Gasteiger partial charge in [0, 0.05) is 24.2 Å². The Hall–Kier alpha value is -2.08. The van der Waals surface area contributed by atoms with E-state index in [9.17, 15) is 9.59 Å². The van der Waals surface area contributed by atoms with Crippen molar-refractivity contribution in [2.75, 3.05) is 23.8 Å². The summed E-state index contributed by atoms with van der Waals surface area (Å²) >= 11 is 0. The molecule has 1 aliphatic rings. The maximum absolute atomic E-state index is 11.9. The van der Waals surface area contributed by atoms with Gasteiger partial charge >= 0.3 is 0 Å². The normalized spacial score (nSPS) is 14.0. The van der Waals surface area contributed by atoms with Crippen molar-refractivity contribution in [3.8, 4) is 5.75 Å². The fraction of sp³-hybridized carbons (Fsp3) is 0.467. The summed E-state index contributed by atoms with van der Waals surface area (Å²) in [6.45, 7) is 6.79. The number of fused-ring (bicyclic) bond motifs is 1. The number of hydrogen-bond acceptors (Lipinski definition) is 4. The van der Waals surface area contributed by atoms with Crippen molar-refractivity contribution in [2.24, 2.45) is 0 Å². The van der Waals surface area contributed by atoms with Crippen LogP contribution in [0.5, 0.6) is 5.75 Å². The van der Waals surface area contributed by atoms with Gasteiger partial charge in [-0.15, -0.1) is 0 Å². The number of carbonyl (C=O) groups is 2. The number of anilines is 2. The Labute approximate surface area is 124 Å². The monoisotopic (exact) mass is 291 g/mol. The lowest BCUT2D eigenvalue weighted by molar-refractivity contribution is -0.118. The Morgan fingerprint density at radius 1 is 1.38 bits per heavy atom. The summed E-state index contributed by atoms with van der Waals surface area (Å²) < 4.78 is 5.26. The van der Waals surface area contributed by atoms with Gasteiger partial charge < -0.3 is 20.7 Å². The van der Waals surface area contributed by atoms with Crippen molar-refractivity contribution in [3.05, 3.63) is 18.2 Å². The molecule has 0 aromatic heterocycles. The highest BCUT2D eigenvalue weighted by atomic mass is 16.5. The highest BCUT2D eigenvalue weighted by Gasteiger charge is 2.16. The summed E-state index contributed by atoms with van der Waals surface area (Å²) in [4.78, 5) is 23.1. The van der Waals surface area contributed by atoms with Crippen LogP contribution in [0.2, 0.25) is 0 Å². The molecule has 1 heterocycles. The van der Waals surface area contributed by atoms with Gasteiger partial charge in [0.25, 0.3) is 5.91 Å². The molecule has 2 rings (SSSR count). The van der Waals surface area contributed by atoms with Crippen LogP contribution >= 0.6 is 0 Å². The van der Waals surface area contributed by atoms with E-state index in [0.29, 0.717) is 30.1 Å². The van der Waals surface area contributed by atoms with Gasteiger partial charge in [0.05, 0.1) is 5.69 Å². The molecule has 0 saturated carbocycles. The third-order valence-corrected chi connectivity index (χ3v) is 2.90. The largest absolute Gasteiger partial charge is 0.482 e. The zero-order valence-electron chi connectivity index (χ0n) is 12.6. The third kappa shape index (κ3) is 4.75. The second kappa shape index (κ2) is 6.13. The average Bonchev–Trinajstić information content (AvgIpc) is 2.36. The van der Waals surface area contributed by atoms with E-state index in [-0.39, 0.29) is 24.0 Å². The minimum absolute atomic E-state index is 0.00623. The van der Waals surface area contributed by atoms with E-state index >= 15 is 0 Å². The van der Waals surface area contributed by atoms with Crippen LogP contribution < -0.4 is 20.7 Å². The second-order valence-electron chi connectivity index (χ2n) is 6.02. The Kier molecular flexibility index (Phi) is 4.47.